The lowest BCUT2D eigenvalue weighted by atomic mass is 10.2. The molecule has 0 unspecified atom stereocenters. The SMILES string of the molecule is Cn1cnc(C[C@H](N)C(=O)O)c1S. The van der Waals surface area contributed by atoms with Gasteiger partial charge in [0.05, 0.1) is 17.0 Å². The van der Waals surface area contributed by atoms with Gasteiger partial charge in [-0.15, -0.1) is 12.6 Å². The van der Waals surface area contributed by atoms with Gasteiger partial charge in [0.15, 0.2) is 0 Å². The van der Waals surface area contributed by atoms with Crippen molar-refractivity contribution >= 4 is 18.6 Å². The van der Waals surface area contributed by atoms with E-state index in [0.717, 1.165) is 0 Å². The molecule has 3 N–H and O–H groups in total. The standard InChI is InChI=1S/C7H11N3O2S/c1-10-3-9-5(6(10)13)2-4(8)7(11)12/h3-4,13H,2,8H2,1H3,(H,11,12)/t4-/m0/s1. The molecule has 1 aromatic heterocycles. The number of carboxylic acid groups (broad SMARTS) is 1. The van der Waals surface area contributed by atoms with Crippen molar-refractivity contribution in [2.75, 3.05) is 0 Å². The molecule has 5 nitrogen and oxygen atoms in total. The quantitative estimate of drug-likeness (QED) is 0.585. The maximum absolute atomic E-state index is 10.4. The van der Waals surface area contributed by atoms with E-state index in [1.807, 2.05) is 0 Å². The van der Waals surface area contributed by atoms with Crippen molar-refractivity contribution in [1.29, 1.82) is 0 Å². The summed E-state index contributed by atoms with van der Waals surface area (Å²) in [4.78, 5) is 14.4. The van der Waals surface area contributed by atoms with E-state index in [4.69, 9.17) is 10.8 Å². The normalized spacial score (nSPS) is 12.8. The molecule has 6 heteroatoms. The number of carboxylic acids is 1. The van der Waals surface area contributed by atoms with Gasteiger partial charge in [-0.3, -0.25) is 4.79 Å². The largest absolute Gasteiger partial charge is 0.480 e. The lowest BCUT2D eigenvalue weighted by Gasteiger charge is -2.04. The van der Waals surface area contributed by atoms with Gasteiger partial charge in [-0.25, -0.2) is 4.98 Å². The fourth-order valence-corrected chi connectivity index (χ4v) is 1.11. The van der Waals surface area contributed by atoms with E-state index in [1.54, 1.807) is 17.9 Å². The lowest BCUT2D eigenvalue weighted by molar-refractivity contribution is -0.138. The average Bonchev–Trinajstić information content (AvgIpc) is 2.36. The fourth-order valence-electron chi connectivity index (χ4n) is 0.912. The molecule has 0 saturated carbocycles. The number of aryl methyl sites for hydroxylation is 1. The van der Waals surface area contributed by atoms with Crippen molar-refractivity contribution in [3.63, 3.8) is 0 Å². The van der Waals surface area contributed by atoms with Gasteiger partial charge in [0.25, 0.3) is 0 Å². The van der Waals surface area contributed by atoms with Crippen LogP contribution < -0.4 is 5.73 Å². The van der Waals surface area contributed by atoms with Crippen LogP contribution in [0.25, 0.3) is 0 Å². The highest BCUT2D eigenvalue weighted by atomic mass is 32.1. The zero-order valence-corrected chi connectivity index (χ0v) is 8.03. The first-order valence-electron chi connectivity index (χ1n) is 3.70. The maximum atomic E-state index is 10.4. The molecule has 0 bridgehead atoms. The molecule has 0 saturated heterocycles. The summed E-state index contributed by atoms with van der Waals surface area (Å²) in [5.41, 5.74) is 5.96. The minimum Gasteiger partial charge on any atom is -0.480 e. The summed E-state index contributed by atoms with van der Waals surface area (Å²) in [5, 5.41) is 9.21. The second-order valence-corrected chi connectivity index (χ2v) is 3.20. The third kappa shape index (κ3) is 2.22. The van der Waals surface area contributed by atoms with Crippen molar-refractivity contribution < 1.29 is 9.90 Å². The highest BCUT2D eigenvalue weighted by molar-refractivity contribution is 7.80. The van der Waals surface area contributed by atoms with Crippen molar-refractivity contribution in [2.24, 2.45) is 12.8 Å². The molecule has 1 aromatic rings. The van der Waals surface area contributed by atoms with Gasteiger partial charge in [-0.05, 0) is 0 Å². The summed E-state index contributed by atoms with van der Waals surface area (Å²) < 4.78 is 1.70. The Bertz CT molecular complexity index is 324. The molecule has 0 aromatic carbocycles. The summed E-state index contributed by atoms with van der Waals surface area (Å²) in [6.45, 7) is 0. The highest BCUT2D eigenvalue weighted by Crippen LogP contribution is 2.12. The number of rotatable bonds is 3. The molecule has 0 aliphatic heterocycles. The molecule has 0 radical (unpaired) electrons. The van der Waals surface area contributed by atoms with Crippen molar-refractivity contribution in [3.8, 4) is 0 Å². The molecule has 1 rings (SSSR count). The predicted octanol–water partition coefficient (Wildman–Crippen LogP) is -0.337. The number of nitrogens with zero attached hydrogens (tertiary/aromatic N) is 2. The average molecular weight is 201 g/mol. The van der Waals surface area contributed by atoms with Gasteiger partial charge < -0.3 is 15.4 Å². The van der Waals surface area contributed by atoms with Gasteiger partial charge in [0.2, 0.25) is 0 Å². The van der Waals surface area contributed by atoms with Crippen LogP contribution in [0.15, 0.2) is 11.4 Å². The molecular formula is C7H11N3O2S. The number of hydrogen-bond acceptors (Lipinski definition) is 4. The van der Waals surface area contributed by atoms with Crippen LogP contribution in [0.1, 0.15) is 5.69 Å². The van der Waals surface area contributed by atoms with Gasteiger partial charge in [0, 0.05) is 13.5 Å². The summed E-state index contributed by atoms with van der Waals surface area (Å²) in [5.74, 6) is -1.03. The molecule has 72 valence electrons. The van der Waals surface area contributed by atoms with E-state index < -0.39 is 12.0 Å². The zero-order valence-electron chi connectivity index (χ0n) is 7.14. The number of aliphatic carboxylic acids is 1. The smallest absolute Gasteiger partial charge is 0.320 e. The van der Waals surface area contributed by atoms with Crippen LogP contribution in [-0.2, 0) is 18.3 Å². The molecule has 13 heavy (non-hydrogen) atoms. The Hall–Kier alpha value is -1.01. The maximum Gasteiger partial charge on any atom is 0.320 e. The molecule has 0 spiro atoms. The number of imidazole rings is 1. The van der Waals surface area contributed by atoms with Gasteiger partial charge in [-0.1, -0.05) is 0 Å². The number of nitrogens with two attached hydrogens (primary N) is 1. The van der Waals surface area contributed by atoms with E-state index in [1.165, 1.54) is 0 Å². The molecule has 0 fully saturated rings. The molecule has 0 amide bonds. The third-order valence-electron chi connectivity index (χ3n) is 1.71. The van der Waals surface area contributed by atoms with Crippen LogP contribution in [0.5, 0.6) is 0 Å². The van der Waals surface area contributed by atoms with Gasteiger partial charge >= 0.3 is 5.97 Å². The van der Waals surface area contributed by atoms with Crippen LogP contribution in [0.3, 0.4) is 0 Å². The molecule has 0 aliphatic rings. The molecule has 1 atom stereocenters. The minimum absolute atomic E-state index is 0.203. The van der Waals surface area contributed by atoms with Crippen LogP contribution in [0.2, 0.25) is 0 Å². The Balaban J connectivity index is 2.74. The second kappa shape index (κ2) is 3.80. The minimum atomic E-state index is -1.03. The van der Waals surface area contributed by atoms with Crippen LogP contribution >= 0.6 is 12.6 Å². The summed E-state index contributed by atoms with van der Waals surface area (Å²) in [6, 6.07) is -0.916. The summed E-state index contributed by atoms with van der Waals surface area (Å²) in [6.07, 6.45) is 1.78. The molecule has 0 aliphatic carbocycles. The van der Waals surface area contributed by atoms with Gasteiger partial charge in [-0.2, -0.15) is 0 Å². The topological polar surface area (TPSA) is 81.1 Å². The number of aromatic nitrogens is 2. The fraction of sp³-hybridized carbons (Fsp3) is 0.429. The Morgan fingerprint density at radius 1 is 1.92 bits per heavy atom. The first kappa shape index (κ1) is 10.1. The molecule has 1 heterocycles. The zero-order chi connectivity index (χ0) is 10.0. The Morgan fingerprint density at radius 3 is 2.92 bits per heavy atom. The Morgan fingerprint density at radius 2 is 2.54 bits per heavy atom. The van der Waals surface area contributed by atoms with E-state index >= 15 is 0 Å². The van der Waals surface area contributed by atoms with E-state index in [0.29, 0.717) is 10.7 Å². The van der Waals surface area contributed by atoms with E-state index in [-0.39, 0.29) is 6.42 Å². The summed E-state index contributed by atoms with van der Waals surface area (Å²) >= 11 is 4.16. The highest BCUT2D eigenvalue weighted by Gasteiger charge is 2.15. The number of hydrogen-bond donors (Lipinski definition) is 3. The lowest BCUT2D eigenvalue weighted by Crippen LogP contribution is -2.32. The Labute approximate surface area is 81.0 Å². The van der Waals surface area contributed by atoms with Gasteiger partial charge in [0.1, 0.15) is 6.04 Å². The number of thiol groups is 1. The third-order valence-corrected chi connectivity index (χ3v) is 2.28. The monoisotopic (exact) mass is 201 g/mol. The Kier molecular flexibility index (Phi) is 2.94. The number of carbonyl (C=O) groups is 1. The van der Waals surface area contributed by atoms with E-state index in [9.17, 15) is 4.79 Å². The van der Waals surface area contributed by atoms with Crippen molar-refractivity contribution in [3.05, 3.63) is 12.0 Å². The van der Waals surface area contributed by atoms with Crippen molar-refractivity contribution in [2.45, 2.75) is 17.5 Å². The van der Waals surface area contributed by atoms with Crippen LogP contribution in [-0.4, -0.2) is 26.7 Å². The van der Waals surface area contributed by atoms with E-state index in [2.05, 4.69) is 17.6 Å². The second-order valence-electron chi connectivity index (χ2n) is 2.77. The molecular weight excluding hydrogens is 190 g/mol. The first-order valence-corrected chi connectivity index (χ1v) is 4.14. The first-order chi connectivity index (χ1) is 6.02. The summed E-state index contributed by atoms with van der Waals surface area (Å²) in [7, 11) is 1.78. The van der Waals surface area contributed by atoms with Crippen LogP contribution in [0, 0.1) is 0 Å². The predicted molar refractivity (Wildman–Crippen MR) is 49.8 cm³/mol. The van der Waals surface area contributed by atoms with Crippen molar-refractivity contribution in [1.82, 2.24) is 9.55 Å². The van der Waals surface area contributed by atoms with Crippen LogP contribution in [0.4, 0.5) is 0 Å².